The lowest BCUT2D eigenvalue weighted by atomic mass is 10.0. The summed E-state index contributed by atoms with van der Waals surface area (Å²) in [4.78, 5) is 34.1. The van der Waals surface area contributed by atoms with Gasteiger partial charge in [0.05, 0.1) is 5.56 Å². The molecule has 0 saturated heterocycles. The molecule has 6 nitrogen and oxygen atoms in total. The Hall–Kier alpha value is -2.63. The average Bonchev–Trinajstić information content (AvgIpc) is 3.06. The van der Waals surface area contributed by atoms with Gasteiger partial charge >= 0.3 is 11.9 Å². The summed E-state index contributed by atoms with van der Waals surface area (Å²) in [5.74, 6) is -2.02. The van der Waals surface area contributed by atoms with E-state index in [1.54, 1.807) is 0 Å². The van der Waals surface area contributed by atoms with Crippen LogP contribution in [0, 0.1) is 5.92 Å². The number of amides is 1. The van der Waals surface area contributed by atoms with Crippen molar-refractivity contribution in [2.75, 3.05) is 0 Å². The zero-order valence-corrected chi connectivity index (χ0v) is 13.3. The van der Waals surface area contributed by atoms with E-state index in [9.17, 15) is 19.5 Å². The van der Waals surface area contributed by atoms with Gasteiger partial charge in [0.15, 0.2) is 0 Å². The maximum Gasteiger partial charge on any atom is 0.352 e. The molecule has 0 aromatic heterocycles. The van der Waals surface area contributed by atoms with Crippen molar-refractivity contribution in [1.82, 2.24) is 5.32 Å². The number of rotatable bonds is 7. The van der Waals surface area contributed by atoms with Crippen LogP contribution in [0.2, 0.25) is 0 Å². The maximum atomic E-state index is 12.0. The molecule has 0 radical (unpaired) electrons. The molecule has 0 aliphatic heterocycles. The molecule has 3 N–H and O–H groups in total. The predicted molar refractivity (Wildman–Crippen MR) is 88.3 cm³/mol. The summed E-state index contributed by atoms with van der Waals surface area (Å²) in [6.07, 6.45) is 7.12. The summed E-state index contributed by atoms with van der Waals surface area (Å²) in [5, 5.41) is 20.5. The molecule has 1 amide bonds. The number of carbonyl (C=O) groups is 3. The highest BCUT2D eigenvalue weighted by Gasteiger charge is 2.17. The van der Waals surface area contributed by atoms with Crippen LogP contribution in [0.1, 0.15) is 54.4 Å². The first-order valence-corrected chi connectivity index (χ1v) is 8.04. The number of hydrogen-bond donors (Lipinski definition) is 3. The van der Waals surface area contributed by atoms with E-state index in [-0.39, 0.29) is 17.2 Å². The minimum absolute atomic E-state index is 0.115. The standard InChI is InChI=1S/C18H21NO5/c20-16(10-7-12-3-1-2-4-12)19-15(18(23)24)11-13-5-8-14(9-6-13)17(21)22/h5-6,8-9,11-12H,1-4,7,10H2,(H,19,20)(H,21,22)(H,23,24)/b15-11-. The average molecular weight is 331 g/mol. The van der Waals surface area contributed by atoms with Crippen LogP contribution in [-0.4, -0.2) is 28.1 Å². The zero-order chi connectivity index (χ0) is 17.5. The van der Waals surface area contributed by atoms with Crippen LogP contribution >= 0.6 is 0 Å². The van der Waals surface area contributed by atoms with Crippen molar-refractivity contribution in [3.63, 3.8) is 0 Å². The summed E-state index contributed by atoms with van der Waals surface area (Å²) in [6.45, 7) is 0. The first-order valence-electron chi connectivity index (χ1n) is 8.04. The lowest BCUT2D eigenvalue weighted by Crippen LogP contribution is -2.27. The number of carboxylic acids is 2. The van der Waals surface area contributed by atoms with Gasteiger partial charge < -0.3 is 15.5 Å². The van der Waals surface area contributed by atoms with Crippen molar-refractivity contribution in [1.29, 1.82) is 0 Å². The highest BCUT2D eigenvalue weighted by atomic mass is 16.4. The Morgan fingerprint density at radius 2 is 1.71 bits per heavy atom. The summed E-state index contributed by atoms with van der Waals surface area (Å²) in [5.41, 5.74) is 0.410. The van der Waals surface area contributed by atoms with Crippen LogP contribution in [0.5, 0.6) is 0 Å². The third-order valence-corrected chi connectivity index (χ3v) is 4.23. The molecule has 1 aromatic carbocycles. The number of hydrogen-bond acceptors (Lipinski definition) is 3. The van der Waals surface area contributed by atoms with E-state index in [2.05, 4.69) is 5.32 Å². The Kier molecular flexibility index (Phi) is 6.12. The lowest BCUT2D eigenvalue weighted by Gasteiger charge is -2.09. The van der Waals surface area contributed by atoms with E-state index in [1.165, 1.54) is 43.2 Å². The molecule has 6 heteroatoms. The normalized spacial score (nSPS) is 15.2. The lowest BCUT2D eigenvalue weighted by molar-refractivity contribution is -0.134. The highest BCUT2D eigenvalue weighted by molar-refractivity contribution is 5.97. The molecule has 128 valence electrons. The molecule has 2 rings (SSSR count). The van der Waals surface area contributed by atoms with Gasteiger partial charge in [-0.05, 0) is 36.1 Å². The van der Waals surface area contributed by atoms with Crippen molar-refractivity contribution in [2.45, 2.75) is 38.5 Å². The molecular weight excluding hydrogens is 310 g/mol. The third-order valence-electron chi connectivity index (χ3n) is 4.23. The number of carboxylic acid groups (broad SMARTS) is 2. The number of aliphatic carboxylic acids is 1. The molecule has 24 heavy (non-hydrogen) atoms. The van der Waals surface area contributed by atoms with Gasteiger partial charge in [-0.1, -0.05) is 37.8 Å². The monoisotopic (exact) mass is 331 g/mol. The second-order valence-corrected chi connectivity index (χ2v) is 6.03. The van der Waals surface area contributed by atoms with Gasteiger partial charge in [0, 0.05) is 6.42 Å². The molecule has 0 bridgehead atoms. The van der Waals surface area contributed by atoms with E-state index >= 15 is 0 Å². The van der Waals surface area contributed by atoms with Gasteiger partial charge in [-0.3, -0.25) is 4.79 Å². The molecule has 1 aliphatic rings. The Bertz CT molecular complexity index is 642. The Balaban J connectivity index is 1.98. The van der Waals surface area contributed by atoms with Crippen molar-refractivity contribution in [3.8, 4) is 0 Å². The van der Waals surface area contributed by atoms with Crippen LogP contribution in [-0.2, 0) is 9.59 Å². The molecule has 0 spiro atoms. The van der Waals surface area contributed by atoms with E-state index in [4.69, 9.17) is 5.11 Å². The summed E-state index contributed by atoms with van der Waals surface area (Å²) < 4.78 is 0. The maximum absolute atomic E-state index is 12.0. The van der Waals surface area contributed by atoms with Crippen molar-refractivity contribution < 1.29 is 24.6 Å². The Morgan fingerprint density at radius 3 is 2.25 bits per heavy atom. The van der Waals surface area contributed by atoms with Gasteiger partial charge in [0.2, 0.25) is 5.91 Å². The van der Waals surface area contributed by atoms with Crippen LogP contribution in [0.15, 0.2) is 30.0 Å². The summed E-state index contributed by atoms with van der Waals surface area (Å²) >= 11 is 0. The number of benzene rings is 1. The zero-order valence-electron chi connectivity index (χ0n) is 13.3. The second kappa shape index (κ2) is 8.29. The van der Waals surface area contributed by atoms with Gasteiger partial charge in [-0.2, -0.15) is 0 Å². The number of aromatic carboxylic acids is 1. The molecule has 1 aliphatic carbocycles. The first kappa shape index (κ1) is 17.7. The van der Waals surface area contributed by atoms with Crippen LogP contribution in [0.3, 0.4) is 0 Å². The third kappa shape index (κ3) is 5.22. The fraction of sp³-hybridized carbons (Fsp3) is 0.389. The molecule has 0 heterocycles. The Labute approximate surface area is 140 Å². The van der Waals surface area contributed by atoms with Crippen molar-refractivity contribution >= 4 is 23.9 Å². The molecule has 0 unspecified atom stereocenters. The number of carbonyl (C=O) groups excluding carboxylic acids is 1. The topological polar surface area (TPSA) is 104 Å². The quantitative estimate of drug-likeness (QED) is 0.667. The van der Waals surface area contributed by atoms with E-state index in [0.29, 0.717) is 17.9 Å². The van der Waals surface area contributed by atoms with Crippen LogP contribution < -0.4 is 5.32 Å². The molecule has 1 fully saturated rings. The number of nitrogens with one attached hydrogen (secondary N) is 1. The predicted octanol–water partition coefficient (Wildman–Crippen LogP) is 2.90. The summed E-state index contributed by atoms with van der Waals surface area (Å²) in [7, 11) is 0. The Morgan fingerprint density at radius 1 is 1.08 bits per heavy atom. The molecule has 0 atom stereocenters. The fourth-order valence-corrected chi connectivity index (χ4v) is 2.89. The first-order chi connectivity index (χ1) is 11.5. The van der Waals surface area contributed by atoms with Crippen molar-refractivity contribution in [3.05, 3.63) is 41.1 Å². The van der Waals surface area contributed by atoms with Gasteiger partial charge in [-0.25, -0.2) is 9.59 Å². The van der Waals surface area contributed by atoms with Crippen molar-refractivity contribution in [2.24, 2.45) is 5.92 Å². The highest BCUT2D eigenvalue weighted by Crippen LogP contribution is 2.28. The van der Waals surface area contributed by atoms with Gasteiger partial charge in [0.25, 0.3) is 0 Å². The van der Waals surface area contributed by atoms with E-state index in [0.717, 1.165) is 19.3 Å². The summed E-state index contributed by atoms with van der Waals surface area (Å²) in [6, 6.07) is 5.76. The molecular formula is C18H21NO5. The van der Waals surface area contributed by atoms with E-state index < -0.39 is 11.9 Å². The second-order valence-electron chi connectivity index (χ2n) is 6.03. The smallest absolute Gasteiger partial charge is 0.352 e. The van der Waals surface area contributed by atoms with Gasteiger partial charge in [-0.15, -0.1) is 0 Å². The molecule has 1 aromatic rings. The van der Waals surface area contributed by atoms with Gasteiger partial charge in [0.1, 0.15) is 5.70 Å². The minimum Gasteiger partial charge on any atom is -0.478 e. The fourth-order valence-electron chi connectivity index (χ4n) is 2.89. The van der Waals surface area contributed by atoms with Crippen LogP contribution in [0.25, 0.3) is 6.08 Å². The van der Waals surface area contributed by atoms with E-state index in [1.807, 2.05) is 0 Å². The molecule has 1 saturated carbocycles. The van der Waals surface area contributed by atoms with Crippen LogP contribution in [0.4, 0.5) is 0 Å². The SMILES string of the molecule is O=C(CCC1CCCC1)N/C(=C\c1ccc(C(=O)O)cc1)C(=O)O. The minimum atomic E-state index is -1.23. The largest absolute Gasteiger partial charge is 0.478 e.